The van der Waals surface area contributed by atoms with Crippen LogP contribution in [0.4, 0.5) is 0 Å². The van der Waals surface area contributed by atoms with Crippen molar-refractivity contribution >= 4 is 26.8 Å². The van der Waals surface area contributed by atoms with Crippen LogP contribution in [-0.4, -0.2) is 35.3 Å². The number of hydroxylamine groups is 1. The summed E-state index contributed by atoms with van der Waals surface area (Å²) in [6.45, 7) is 7.18. The molecule has 0 unspecified atom stereocenters. The lowest BCUT2D eigenvalue weighted by Gasteiger charge is -2.28. The molecule has 0 saturated carbocycles. The topological polar surface area (TPSA) is 127 Å². The van der Waals surface area contributed by atoms with Gasteiger partial charge in [-0.2, -0.15) is 10.6 Å². The van der Waals surface area contributed by atoms with Crippen LogP contribution in [0.1, 0.15) is 38.8 Å². The number of hydrogen-bond acceptors (Lipinski definition) is 7. The van der Waals surface area contributed by atoms with Gasteiger partial charge in [0.2, 0.25) is 11.8 Å². The van der Waals surface area contributed by atoms with Crippen molar-refractivity contribution in [2.24, 2.45) is 0 Å². The molecule has 0 atom stereocenters. The molecule has 0 aliphatic carbocycles. The summed E-state index contributed by atoms with van der Waals surface area (Å²) < 4.78 is 30.5. The average Bonchev–Trinajstić information content (AvgIpc) is 3.59. The Bertz CT molecular complexity index is 1770. The molecule has 0 fully saturated rings. The van der Waals surface area contributed by atoms with Crippen molar-refractivity contribution in [2.45, 2.75) is 38.0 Å². The maximum Gasteiger partial charge on any atom is 0.249 e. The quantitative estimate of drug-likeness (QED) is 0.249. The summed E-state index contributed by atoms with van der Waals surface area (Å²) in [6, 6.07) is 20.3. The summed E-state index contributed by atoms with van der Waals surface area (Å²) >= 11 is 0. The Morgan fingerprint density at radius 1 is 1.08 bits per heavy atom. The Hall–Kier alpha value is -4.44. The molecule has 0 radical (unpaired) electrons. The molecule has 0 aliphatic rings. The van der Waals surface area contributed by atoms with Gasteiger partial charge in [0.05, 0.1) is 28.1 Å². The summed E-state index contributed by atoms with van der Waals surface area (Å²) in [5.41, 5.74) is 7.15. The van der Waals surface area contributed by atoms with Crippen LogP contribution in [0.2, 0.25) is 0 Å². The van der Waals surface area contributed by atoms with Gasteiger partial charge < -0.3 is 9.25 Å². The van der Waals surface area contributed by atoms with Crippen molar-refractivity contribution in [2.75, 3.05) is 5.75 Å². The van der Waals surface area contributed by atoms with Gasteiger partial charge in [0.25, 0.3) is 0 Å². The standard InChI is InChI=1S/C29H28N4O5S/c1-5-39(35,36)21-14-15-26-24(16-21)31-28(37-26)22-17-30-32-27(22)19-10-12-20(13-11-19)29(3,4)23-8-6-7-9-25(23)38-33-18(2)34/h6-17H,5H2,1-4H3,(H,30,32)(H,33,34). The number of sulfone groups is 1. The first kappa shape index (κ1) is 26.2. The second-order valence-electron chi connectivity index (χ2n) is 9.67. The number of carbonyl (C=O) groups excluding carboxylic acids is 1. The number of nitrogens with one attached hydrogen (secondary N) is 2. The van der Waals surface area contributed by atoms with Gasteiger partial charge in [0.1, 0.15) is 5.52 Å². The van der Waals surface area contributed by atoms with E-state index in [2.05, 4.69) is 34.5 Å². The third kappa shape index (κ3) is 5.03. The third-order valence-corrected chi connectivity index (χ3v) is 8.46. The van der Waals surface area contributed by atoms with Gasteiger partial charge in [-0.15, -0.1) is 0 Å². The average molecular weight is 545 g/mol. The Morgan fingerprint density at radius 2 is 1.82 bits per heavy atom. The fourth-order valence-electron chi connectivity index (χ4n) is 4.46. The summed E-state index contributed by atoms with van der Waals surface area (Å²) in [4.78, 5) is 21.7. The number of fused-ring (bicyclic) bond motifs is 1. The highest BCUT2D eigenvalue weighted by Crippen LogP contribution is 2.38. The normalized spacial score (nSPS) is 12.0. The molecule has 1 amide bonds. The number of nitrogens with zero attached hydrogens (tertiary/aromatic N) is 2. The number of para-hydroxylation sites is 1. The van der Waals surface area contributed by atoms with Crippen LogP contribution in [0.3, 0.4) is 0 Å². The minimum absolute atomic E-state index is 0.00973. The van der Waals surface area contributed by atoms with Gasteiger partial charge in [-0.1, -0.05) is 63.2 Å². The zero-order chi connectivity index (χ0) is 27.8. The van der Waals surface area contributed by atoms with Crippen molar-refractivity contribution in [3.63, 3.8) is 0 Å². The molecule has 39 heavy (non-hydrogen) atoms. The number of aromatic nitrogens is 3. The van der Waals surface area contributed by atoms with Gasteiger partial charge in [0, 0.05) is 23.5 Å². The zero-order valence-electron chi connectivity index (χ0n) is 22.0. The molecular formula is C29H28N4O5S. The lowest BCUT2D eigenvalue weighted by molar-refractivity contribution is -0.125. The molecule has 2 aromatic heterocycles. The number of amides is 1. The molecule has 0 aliphatic heterocycles. The minimum Gasteiger partial charge on any atom is -0.436 e. The van der Waals surface area contributed by atoms with Crippen LogP contribution >= 0.6 is 0 Å². The molecule has 9 nitrogen and oxygen atoms in total. The van der Waals surface area contributed by atoms with Gasteiger partial charge in [-0.25, -0.2) is 13.4 Å². The van der Waals surface area contributed by atoms with Gasteiger partial charge in [0.15, 0.2) is 21.2 Å². The Labute approximate surface area is 226 Å². The predicted molar refractivity (Wildman–Crippen MR) is 148 cm³/mol. The van der Waals surface area contributed by atoms with Gasteiger partial charge >= 0.3 is 0 Å². The largest absolute Gasteiger partial charge is 0.436 e. The van der Waals surface area contributed by atoms with Crippen molar-refractivity contribution < 1.29 is 22.5 Å². The van der Waals surface area contributed by atoms with E-state index >= 15 is 0 Å². The van der Waals surface area contributed by atoms with E-state index in [0.29, 0.717) is 28.3 Å². The summed E-state index contributed by atoms with van der Waals surface area (Å²) in [6.07, 6.45) is 1.64. The van der Waals surface area contributed by atoms with Crippen LogP contribution < -0.4 is 10.3 Å². The van der Waals surface area contributed by atoms with E-state index in [0.717, 1.165) is 22.4 Å². The Morgan fingerprint density at radius 3 is 2.54 bits per heavy atom. The van der Waals surface area contributed by atoms with Crippen LogP contribution in [0.25, 0.3) is 33.8 Å². The lowest BCUT2D eigenvalue weighted by atomic mass is 9.77. The highest BCUT2D eigenvalue weighted by atomic mass is 32.2. The number of carbonyl (C=O) groups is 1. The number of aromatic amines is 1. The third-order valence-electron chi connectivity index (χ3n) is 6.73. The van der Waals surface area contributed by atoms with Crippen LogP contribution in [-0.2, 0) is 20.0 Å². The summed E-state index contributed by atoms with van der Waals surface area (Å²) in [7, 11) is -3.36. The molecule has 200 valence electrons. The van der Waals surface area contributed by atoms with Crippen LogP contribution in [0, 0.1) is 0 Å². The molecule has 5 rings (SSSR count). The Kier molecular flexibility index (Phi) is 6.73. The second-order valence-corrected chi connectivity index (χ2v) is 11.9. The van der Waals surface area contributed by atoms with Crippen LogP contribution in [0.15, 0.2) is 82.2 Å². The smallest absolute Gasteiger partial charge is 0.249 e. The molecule has 2 heterocycles. The number of oxazole rings is 1. The van der Waals surface area contributed by atoms with E-state index in [-0.39, 0.29) is 16.6 Å². The molecule has 0 saturated heterocycles. The molecule has 10 heteroatoms. The van der Waals surface area contributed by atoms with Crippen molar-refractivity contribution in [1.82, 2.24) is 20.7 Å². The zero-order valence-corrected chi connectivity index (χ0v) is 22.8. The Balaban J connectivity index is 1.46. The van der Waals surface area contributed by atoms with Crippen molar-refractivity contribution in [3.8, 4) is 28.5 Å². The van der Waals surface area contributed by atoms with E-state index in [1.54, 1.807) is 19.2 Å². The molecular weight excluding hydrogens is 516 g/mol. The van der Waals surface area contributed by atoms with E-state index in [9.17, 15) is 13.2 Å². The summed E-state index contributed by atoms with van der Waals surface area (Å²) in [5, 5.41) is 7.24. The number of rotatable bonds is 8. The number of H-pyrrole nitrogens is 1. The first-order valence-electron chi connectivity index (χ1n) is 12.4. The minimum atomic E-state index is -3.36. The first-order chi connectivity index (χ1) is 18.6. The van der Waals surface area contributed by atoms with E-state index < -0.39 is 15.3 Å². The number of hydrogen-bond donors (Lipinski definition) is 2. The molecule has 5 aromatic rings. The molecule has 0 spiro atoms. The number of benzene rings is 3. The fourth-order valence-corrected chi connectivity index (χ4v) is 5.36. The maximum absolute atomic E-state index is 12.3. The van der Waals surface area contributed by atoms with E-state index in [1.807, 2.05) is 48.5 Å². The van der Waals surface area contributed by atoms with Crippen molar-refractivity contribution in [1.29, 1.82) is 0 Å². The monoisotopic (exact) mass is 544 g/mol. The lowest BCUT2D eigenvalue weighted by Crippen LogP contribution is -2.27. The maximum atomic E-state index is 12.3. The van der Waals surface area contributed by atoms with Crippen molar-refractivity contribution in [3.05, 3.63) is 84.1 Å². The highest BCUT2D eigenvalue weighted by molar-refractivity contribution is 7.91. The van der Waals surface area contributed by atoms with Gasteiger partial charge in [-0.05, 0) is 29.8 Å². The first-order valence-corrected chi connectivity index (χ1v) is 14.1. The molecule has 3 aromatic carbocycles. The highest BCUT2D eigenvalue weighted by Gasteiger charge is 2.27. The predicted octanol–water partition coefficient (Wildman–Crippen LogP) is 5.43. The second kappa shape index (κ2) is 10.0. The van der Waals surface area contributed by atoms with E-state index in [4.69, 9.17) is 9.25 Å². The van der Waals surface area contributed by atoms with E-state index in [1.165, 1.54) is 19.1 Å². The van der Waals surface area contributed by atoms with Gasteiger partial charge in [-0.3, -0.25) is 9.89 Å². The SMILES string of the molecule is CCS(=O)(=O)c1ccc2oc(-c3cn[nH]c3-c3ccc(C(C)(C)c4ccccc4ONC(C)=O)cc3)nc2c1. The fraction of sp³-hybridized carbons (Fsp3) is 0.207. The van der Waals surface area contributed by atoms with Crippen LogP contribution in [0.5, 0.6) is 5.75 Å². The summed E-state index contributed by atoms with van der Waals surface area (Å²) in [5.74, 6) is 0.639. The molecule has 2 N–H and O–H groups in total. The molecule has 0 bridgehead atoms.